The lowest BCUT2D eigenvalue weighted by atomic mass is 9.58. The first-order valence-electron chi connectivity index (χ1n) is 7.80. The van der Waals surface area contributed by atoms with Gasteiger partial charge in [-0.15, -0.1) is 0 Å². The van der Waals surface area contributed by atoms with Crippen LogP contribution in [0.3, 0.4) is 0 Å². The molecular weight excluding hydrogens is 280 g/mol. The lowest BCUT2D eigenvalue weighted by Gasteiger charge is -2.59. The van der Waals surface area contributed by atoms with Crippen molar-refractivity contribution in [2.24, 2.45) is 23.7 Å². The fraction of sp³-hybridized carbons (Fsp3) is 1.00. The zero-order valence-electron chi connectivity index (χ0n) is 12.3. The van der Waals surface area contributed by atoms with Gasteiger partial charge in [-0.25, -0.2) is 9.78 Å². The first kappa shape index (κ1) is 13.8. The maximum absolute atomic E-state index is 6.40. The summed E-state index contributed by atoms with van der Waals surface area (Å²) in [5.74, 6) is 0.908. The molecule has 5 aliphatic rings. The molecule has 4 heterocycles. The van der Waals surface area contributed by atoms with Crippen molar-refractivity contribution in [2.45, 2.75) is 69.7 Å². The second-order valence-electron chi connectivity index (χ2n) is 7.26. The number of rotatable bonds is 0. The van der Waals surface area contributed by atoms with Crippen LogP contribution in [0.15, 0.2) is 0 Å². The van der Waals surface area contributed by atoms with E-state index in [0.717, 1.165) is 19.3 Å². The van der Waals surface area contributed by atoms with Gasteiger partial charge in [0.2, 0.25) is 5.79 Å². The van der Waals surface area contributed by atoms with Crippen molar-refractivity contribution in [3.8, 4) is 0 Å². The van der Waals surface area contributed by atoms with Crippen molar-refractivity contribution in [3.63, 3.8) is 0 Å². The van der Waals surface area contributed by atoms with E-state index in [1.54, 1.807) is 0 Å². The van der Waals surface area contributed by atoms with Gasteiger partial charge in [-0.05, 0) is 38.0 Å². The Labute approximate surface area is 125 Å². The van der Waals surface area contributed by atoms with Crippen LogP contribution in [-0.4, -0.2) is 23.2 Å². The van der Waals surface area contributed by atoms with Crippen LogP contribution in [0, 0.1) is 23.7 Å². The van der Waals surface area contributed by atoms with Crippen LogP contribution in [0.25, 0.3) is 0 Å². The van der Waals surface area contributed by atoms with Gasteiger partial charge < -0.3 is 9.47 Å². The van der Waals surface area contributed by atoms with Crippen molar-refractivity contribution < 1.29 is 19.2 Å². The maximum Gasteiger partial charge on any atom is 0.201 e. The zero-order chi connectivity index (χ0) is 14.1. The first-order chi connectivity index (χ1) is 9.46. The van der Waals surface area contributed by atoms with Crippen LogP contribution >= 0.6 is 11.6 Å². The fourth-order valence-corrected chi connectivity index (χ4v) is 5.13. The Hall–Kier alpha value is 0.130. The van der Waals surface area contributed by atoms with Crippen LogP contribution in [-0.2, 0) is 19.2 Å². The van der Waals surface area contributed by atoms with Gasteiger partial charge in [0.25, 0.3) is 0 Å². The van der Waals surface area contributed by atoms with Crippen molar-refractivity contribution in [3.05, 3.63) is 0 Å². The number of hydrogen-bond acceptors (Lipinski definition) is 4. The topological polar surface area (TPSA) is 36.9 Å². The summed E-state index contributed by atoms with van der Waals surface area (Å²) in [6, 6.07) is 0. The molecule has 0 N–H and O–H groups in total. The Morgan fingerprint density at radius 2 is 1.85 bits per heavy atom. The highest BCUT2D eigenvalue weighted by Gasteiger charge is 2.69. The highest BCUT2D eigenvalue weighted by atomic mass is 35.5. The van der Waals surface area contributed by atoms with E-state index in [0.29, 0.717) is 17.8 Å². The quantitative estimate of drug-likeness (QED) is 0.507. The van der Waals surface area contributed by atoms with E-state index in [4.69, 9.17) is 30.8 Å². The molecule has 114 valence electrons. The minimum Gasteiger partial charge on any atom is -0.330 e. The van der Waals surface area contributed by atoms with Gasteiger partial charge in [-0.1, -0.05) is 25.4 Å². The molecule has 0 aromatic rings. The average Bonchev–Trinajstić information content (AvgIpc) is 2.63. The van der Waals surface area contributed by atoms with Crippen LogP contribution in [0.2, 0.25) is 0 Å². The molecule has 0 amide bonds. The summed E-state index contributed by atoms with van der Waals surface area (Å²) < 4.78 is 12.1. The Kier molecular flexibility index (Phi) is 2.98. The lowest BCUT2D eigenvalue weighted by molar-refractivity contribution is -0.568. The number of halogens is 1. The van der Waals surface area contributed by atoms with Gasteiger partial charge in [0.1, 0.15) is 5.56 Å². The molecule has 2 bridgehead atoms. The highest BCUT2D eigenvalue weighted by Crippen LogP contribution is 2.60. The van der Waals surface area contributed by atoms with Crippen LogP contribution < -0.4 is 0 Å². The van der Waals surface area contributed by atoms with Crippen molar-refractivity contribution in [2.75, 3.05) is 0 Å². The molecule has 0 aromatic carbocycles. The summed E-state index contributed by atoms with van der Waals surface area (Å²) in [4.78, 5) is 11.7. The SMILES string of the molecule is C[C@@H]1CC[C@H]2[C@@H](C)C(Cl)O[C@@H]3O[C@]4(C)CCC1[C@]32OO4. The summed E-state index contributed by atoms with van der Waals surface area (Å²) in [5.41, 5.74) is -0.783. The third kappa shape index (κ3) is 1.63. The van der Waals surface area contributed by atoms with E-state index in [2.05, 4.69) is 13.8 Å². The van der Waals surface area contributed by atoms with Crippen molar-refractivity contribution in [1.82, 2.24) is 0 Å². The second-order valence-corrected chi connectivity index (χ2v) is 7.69. The number of alkyl halides is 1. The van der Waals surface area contributed by atoms with Gasteiger partial charge in [0.15, 0.2) is 11.9 Å². The van der Waals surface area contributed by atoms with Gasteiger partial charge in [0.05, 0.1) is 0 Å². The van der Waals surface area contributed by atoms with E-state index in [9.17, 15) is 0 Å². The summed E-state index contributed by atoms with van der Waals surface area (Å²) in [7, 11) is 0. The predicted octanol–water partition coefficient (Wildman–Crippen LogP) is 3.43. The molecule has 1 spiro atoms. The minimum absolute atomic E-state index is 0.248. The van der Waals surface area contributed by atoms with Crippen LogP contribution in [0.5, 0.6) is 0 Å². The smallest absolute Gasteiger partial charge is 0.201 e. The first-order valence-corrected chi connectivity index (χ1v) is 8.24. The number of ether oxygens (including phenoxy) is 2. The Balaban J connectivity index is 1.82. The molecule has 2 unspecified atom stereocenters. The van der Waals surface area contributed by atoms with Gasteiger partial charge in [-0.3, -0.25) is 0 Å². The second kappa shape index (κ2) is 4.32. The molecule has 1 saturated carbocycles. The van der Waals surface area contributed by atoms with E-state index >= 15 is 0 Å². The molecule has 1 aliphatic carbocycles. The molecule has 0 radical (unpaired) electrons. The normalized spacial score (nSPS) is 61.8. The van der Waals surface area contributed by atoms with Crippen molar-refractivity contribution in [1.29, 1.82) is 0 Å². The predicted molar refractivity (Wildman–Crippen MR) is 72.7 cm³/mol. The third-order valence-corrected chi connectivity index (χ3v) is 6.58. The Morgan fingerprint density at radius 1 is 1.05 bits per heavy atom. The van der Waals surface area contributed by atoms with Crippen LogP contribution in [0.4, 0.5) is 0 Å². The average molecular weight is 303 g/mol. The molecule has 5 fully saturated rings. The monoisotopic (exact) mass is 302 g/mol. The minimum atomic E-state index is -0.700. The Bertz CT molecular complexity index is 415. The molecular formula is C15H23ClO4. The van der Waals surface area contributed by atoms with Gasteiger partial charge >= 0.3 is 0 Å². The molecule has 20 heavy (non-hydrogen) atoms. The standard InChI is InChI=1S/C15H23ClO4/c1-8-4-5-11-9(2)12(16)17-13-15(11)10(8)6-7-14(3,18-13)19-20-15/h8-13H,4-7H2,1-3H3/t8-,9-,10?,11+,12?,13-,14+,15-/m1/s1. The molecule has 8 atom stereocenters. The third-order valence-electron chi connectivity index (χ3n) is 6.08. The van der Waals surface area contributed by atoms with E-state index < -0.39 is 17.7 Å². The molecule has 4 saturated heterocycles. The zero-order valence-corrected chi connectivity index (χ0v) is 13.1. The van der Waals surface area contributed by atoms with Crippen LogP contribution in [0.1, 0.15) is 46.5 Å². The van der Waals surface area contributed by atoms with Gasteiger partial charge in [0, 0.05) is 18.3 Å². The fourth-order valence-electron chi connectivity index (χ4n) is 4.86. The summed E-state index contributed by atoms with van der Waals surface area (Å²) >= 11 is 6.40. The number of hydrogen-bond donors (Lipinski definition) is 0. The maximum atomic E-state index is 6.40. The van der Waals surface area contributed by atoms with E-state index in [1.165, 1.54) is 6.42 Å². The molecule has 5 heteroatoms. The summed E-state index contributed by atoms with van der Waals surface area (Å²) in [6.07, 6.45) is 3.83. The largest absolute Gasteiger partial charge is 0.330 e. The Morgan fingerprint density at radius 3 is 2.65 bits per heavy atom. The van der Waals surface area contributed by atoms with Crippen molar-refractivity contribution >= 4 is 11.6 Å². The molecule has 5 rings (SSSR count). The van der Waals surface area contributed by atoms with E-state index in [-0.39, 0.29) is 11.5 Å². The molecule has 0 aromatic heterocycles. The van der Waals surface area contributed by atoms with E-state index in [1.807, 2.05) is 6.92 Å². The lowest BCUT2D eigenvalue weighted by Crippen LogP contribution is -2.69. The molecule has 4 aliphatic heterocycles. The highest BCUT2D eigenvalue weighted by molar-refractivity contribution is 6.19. The van der Waals surface area contributed by atoms with Gasteiger partial charge in [-0.2, -0.15) is 0 Å². The summed E-state index contributed by atoms with van der Waals surface area (Å²) in [5, 5.41) is 0. The number of fused-ring (bicyclic) bond motifs is 2. The molecule has 4 nitrogen and oxygen atoms in total. The summed E-state index contributed by atoms with van der Waals surface area (Å²) in [6.45, 7) is 6.40.